The molecule has 1 atom stereocenters. The van der Waals surface area contributed by atoms with E-state index in [0.717, 1.165) is 5.56 Å². The maximum absolute atomic E-state index is 10.3. The summed E-state index contributed by atoms with van der Waals surface area (Å²) < 4.78 is 5.02. The number of nitrogens with zero attached hydrogens (tertiary/aromatic N) is 1. The number of likely N-dealkylation sites (N-methyl/N-ethyl adjacent to an activating group) is 1. The predicted octanol–water partition coefficient (Wildman–Crippen LogP) is 1.46. The SMILES string of the molecule is CN(C)CC(OC=O)c1ccccc1. The van der Waals surface area contributed by atoms with Gasteiger partial charge in [0.05, 0.1) is 0 Å². The first kappa shape index (κ1) is 10.7. The summed E-state index contributed by atoms with van der Waals surface area (Å²) in [4.78, 5) is 12.3. The van der Waals surface area contributed by atoms with Crippen LogP contribution in [0.25, 0.3) is 0 Å². The van der Waals surface area contributed by atoms with E-state index < -0.39 is 0 Å². The largest absolute Gasteiger partial charge is 0.458 e. The summed E-state index contributed by atoms with van der Waals surface area (Å²) in [5.41, 5.74) is 1.02. The minimum absolute atomic E-state index is 0.177. The van der Waals surface area contributed by atoms with Gasteiger partial charge in [-0.3, -0.25) is 4.79 Å². The van der Waals surface area contributed by atoms with Crippen molar-refractivity contribution in [3.8, 4) is 0 Å². The monoisotopic (exact) mass is 193 g/mol. The lowest BCUT2D eigenvalue weighted by molar-refractivity contribution is -0.134. The van der Waals surface area contributed by atoms with Crippen molar-refractivity contribution in [1.29, 1.82) is 0 Å². The number of rotatable bonds is 5. The van der Waals surface area contributed by atoms with Crippen molar-refractivity contribution < 1.29 is 9.53 Å². The molecule has 0 radical (unpaired) electrons. The Morgan fingerprint density at radius 2 is 2.00 bits per heavy atom. The average molecular weight is 193 g/mol. The minimum atomic E-state index is -0.177. The van der Waals surface area contributed by atoms with E-state index in [2.05, 4.69) is 0 Å². The molecule has 3 heteroatoms. The summed E-state index contributed by atoms with van der Waals surface area (Å²) in [7, 11) is 3.90. The Labute approximate surface area is 84.3 Å². The molecule has 14 heavy (non-hydrogen) atoms. The molecule has 1 aromatic rings. The average Bonchev–Trinajstić information content (AvgIpc) is 2.18. The molecular weight excluding hydrogens is 178 g/mol. The van der Waals surface area contributed by atoms with E-state index in [4.69, 9.17) is 4.74 Å². The van der Waals surface area contributed by atoms with Gasteiger partial charge in [-0.25, -0.2) is 0 Å². The third-order valence-electron chi connectivity index (χ3n) is 1.92. The van der Waals surface area contributed by atoms with Gasteiger partial charge in [0.15, 0.2) is 0 Å². The van der Waals surface area contributed by atoms with Crippen molar-refractivity contribution in [2.45, 2.75) is 6.10 Å². The maximum Gasteiger partial charge on any atom is 0.293 e. The van der Waals surface area contributed by atoms with Gasteiger partial charge in [0.2, 0.25) is 0 Å². The fourth-order valence-electron chi connectivity index (χ4n) is 1.29. The molecule has 0 aliphatic heterocycles. The Kier molecular flexibility index (Phi) is 4.13. The highest BCUT2D eigenvalue weighted by Crippen LogP contribution is 2.16. The quantitative estimate of drug-likeness (QED) is 0.663. The molecule has 0 N–H and O–H groups in total. The first-order valence-electron chi connectivity index (χ1n) is 4.53. The summed E-state index contributed by atoms with van der Waals surface area (Å²) in [5.74, 6) is 0. The van der Waals surface area contributed by atoms with Crippen molar-refractivity contribution in [2.24, 2.45) is 0 Å². The first-order valence-corrected chi connectivity index (χ1v) is 4.53. The summed E-state index contributed by atoms with van der Waals surface area (Å²) in [6.45, 7) is 1.20. The number of carbonyl (C=O) groups is 1. The second-order valence-corrected chi connectivity index (χ2v) is 3.39. The van der Waals surface area contributed by atoms with E-state index >= 15 is 0 Å². The number of ether oxygens (including phenoxy) is 1. The van der Waals surface area contributed by atoms with Crippen LogP contribution >= 0.6 is 0 Å². The van der Waals surface area contributed by atoms with E-state index in [9.17, 15) is 4.79 Å². The number of benzene rings is 1. The molecule has 0 aliphatic carbocycles. The van der Waals surface area contributed by atoms with Crippen molar-refractivity contribution in [3.63, 3.8) is 0 Å². The molecule has 3 nitrogen and oxygen atoms in total. The van der Waals surface area contributed by atoms with Crippen molar-refractivity contribution in [2.75, 3.05) is 20.6 Å². The molecule has 0 saturated heterocycles. The first-order chi connectivity index (χ1) is 6.74. The Morgan fingerprint density at radius 1 is 1.36 bits per heavy atom. The van der Waals surface area contributed by atoms with Crippen LogP contribution in [0.2, 0.25) is 0 Å². The smallest absolute Gasteiger partial charge is 0.293 e. The molecule has 0 fully saturated rings. The highest BCUT2D eigenvalue weighted by atomic mass is 16.5. The Balaban J connectivity index is 2.72. The minimum Gasteiger partial charge on any atom is -0.458 e. The van der Waals surface area contributed by atoms with Crippen LogP contribution in [0.5, 0.6) is 0 Å². The maximum atomic E-state index is 10.3. The van der Waals surface area contributed by atoms with Gasteiger partial charge in [-0.15, -0.1) is 0 Å². The van der Waals surface area contributed by atoms with Gasteiger partial charge in [0.25, 0.3) is 6.47 Å². The number of hydrogen-bond acceptors (Lipinski definition) is 3. The molecule has 1 unspecified atom stereocenters. The molecular formula is C11H15NO2. The van der Waals surface area contributed by atoms with Crippen molar-refractivity contribution in [3.05, 3.63) is 35.9 Å². The van der Waals surface area contributed by atoms with Crippen LogP contribution < -0.4 is 0 Å². The third-order valence-corrected chi connectivity index (χ3v) is 1.92. The molecule has 0 aliphatic rings. The Hall–Kier alpha value is -1.35. The summed E-state index contributed by atoms with van der Waals surface area (Å²) in [5, 5.41) is 0. The molecule has 0 heterocycles. The van der Waals surface area contributed by atoms with Crippen molar-refractivity contribution in [1.82, 2.24) is 4.90 Å². The molecule has 1 rings (SSSR count). The highest BCUT2D eigenvalue weighted by molar-refractivity contribution is 5.38. The summed E-state index contributed by atoms with van der Waals surface area (Å²) in [6, 6.07) is 9.73. The predicted molar refractivity (Wildman–Crippen MR) is 54.9 cm³/mol. The molecule has 0 bridgehead atoms. The lowest BCUT2D eigenvalue weighted by Gasteiger charge is -2.19. The van der Waals surface area contributed by atoms with Gasteiger partial charge in [-0.2, -0.15) is 0 Å². The number of hydrogen-bond donors (Lipinski definition) is 0. The molecule has 0 saturated carbocycles. The van der Waals surface area contributed by atoms with Crippen LogP contribution in [0, 0.1) is 0 Å². The van der Waals surface area contributed by atoms with Gasteiger partial charge in [-0.1, -0.05) is 30.3 Å². The van der Waals surface area contributed by atoms with Crippen molar-refractivity contribution >= 4 is 6.47 Å². The zero-order valence-electron chi connectivity index (χ0n) is 8.51. The van der Waals surface area contributed by atoms with Gasteiger partial charge >= 0.3 is 0 Å². The lowest BCUT2D eigenvalue weighted by Crippen LogP contribution is -2.22. The van der Waals surface area contributed by atoms with Gasteiger partial charge in [0, 0.05) is 6.54 Å². The van der Waals surface area contributed by atoms with E-state index in [1.165, 1.54) is 0 Å². The molecule has 0 amide bonds. The summed E-state index contributed by atoms with van der Waals surface area (Å²) >= 11 is 0. The molecule has 0 spiro atoms. The van der Waals surface area contributed by atoms with Gasteiger partial charge in [-0.05, 0) is 19.7 Å². The van der Waals surface area contributed by atoms with E-state index in [0.29, 0.717) is 13.0 Å². The standard InChI is InChI=1S/C11H15NO2/c1-12(2)8-11(14-9-13)10-6-4-3-5-7-10/h3-7,9,11H,8H2,1-2H3. The van der Waals surface area contributed by atoms with E-state index in [-0.39, 0.29) is 6.10 Å². The van der Waals surface area contributed by atoms with Crippen LogP contribution in [0.15, 0.2) is 30.3 Å². The van der Waals surface area contributed by atoms with E-state index in [1.54, 1.807) is 0 Å². The number of carbonyl (C=O) groups excluding carboxylic acids is 1. The second-order valence-electron chi connectivity index (χ2n) is 3.39. The fraction of sp³-hybridized carbons (Fsp3) is 0.364. The van der Waals surface area contributed by atoms with Crippen LogP contribution in [0.3, 0.4) is 0 Å². The van der Waals surface area contributed by atoms with Gasteiger partial charge in [0.1, 0.15) is 6.10 Å². The highest BCUT2D eigenvalue weighted by Gasteiger charge is 2.12. The molecule has 0 aromatic heterocycles. The Bertz CT molecular complexity index is 272. The van der Waals surface area contributed by atoms with E-state index in [1.807, 2.05) is 49.3 Å². The van der Waals surface area contributed by atoms with Crippen LogP contribution in [-0.4, -0.2) is 32.0 Å². The zero-order chi connectivity index (χ0) is 10.4. The topological polar surface area (TPSA) is 29.5 Å². The lowest BCUT2D eigenvalue weighted by atomic mass is 10.1. The Morgan fingerprint density at radius 3 is 2.50 bits per heavy atom. The normalized spacial score (nSPS) is 12.5. The molecule has 1 aromatic carbocycles. The third kappa shape index (κ3) is 3.18. The summed E-state index contributed by atoms with van der Waals surface area (Å²) in [6.07, 6.45) is -0.177. The molecule has 76 valence electrons. The van der Waals surface area contributed by atoms with Gasteiger partial charge < -0.3 is 9.64 Å². The second kappa shape index (κ2) is 5.40. The zero-order valence-corrected chi connectivity index (χ0v) is 8.51. The van der Waals surface area contributed by atoms with Crippen LogP contribution in [0.4, 0.5) is 0 Å². The fourth-order valence-corrected chi connectivity index (χ4v) is 1.29. The van der Waals surface area contributed by atoms with Crippen LogP contribution in [-0.2, 0) is 9.53 Å². The van der Waals surface area contributed by atoms with Crippen LogP contribution in [0.1, 0.15) is 11.7 Å².